The number of rotatable bonds is 6. The van der Waals surface area contributed by atoms with Crippen molar-refractivity contribution in [2.45, 2.75) is 25.3 Å². The maximum atomic E-state index is 13.2. The summed E-state index contributed by atoms with van der Waals surface area (Å²) in [4.78, 5) is 17.4. The van der Waals surface area contributed by atoms with Gasteiger partial charge in [0, 0.05) is 45.3 Å². The first-order chi connectivity index (χ1) is 15.0. The van der Waals surface area contributed by atoms with Crippen LogP contribution in [-0.4, -0.2) is 16.9 Å². The third kappa shape index (κ3) is 5.07. The van der Waals surface area contributed by atoms with Gasteiger partial charge in [-0.05, 0) is 66.3 Å². The number of hydrogen-bond acceptors (Lipinski definition) is 2. The summed E-state index contributed by atoms with van der Waals surface area (Å²) in [6.07, 6.45) is 4.23. The van der Waals surface area contributed by atoms with Gasteiger partial charge in [0.05, 0.1) is 0 Å². The van der Waals surface area contributed by atoms with Crippen molar-refractivity contribution in [1.82, 2.24) is 10.3 Å². The molecule has 5 heteroatoms. The number of nitrogens with one attached hydrogen (secondary N) is 1. The van der Waals surface area contributed by atoms with Crippen LogP contribution in [0.2, 0.25) is 10.0 Å². The first kappa shape index (κ1) is 21.4. The van der Waals surface area contributed by atoms with Gasteiger partial charge in [-0.3, -0.25) is 9.78 Å². The number of amides is 1. The molecule has 0 fully saturated rings. The second kappa shape index (κ2) is 9.51. The highest BCUT2D eigenvalue weighted by molar-refractivity contribution is 6.30. The lowest BCUT2D eigenvalue weighted by molar-refractivity contribution is 0.0936. The van der Waals surface area contributed by atoms with Gasteiger partial charge < -0.3 is 5.32 Å². The third-order valence-corrected chi connectivity index (χ3v) is 6.06. The van der Waals surface area contributed by atoms with Crippen LogP contribution in [-0.2, 0) is 6.42 Å². The molecule has 0 aliphatic carbocycles. The van der Waals surface area contributed by atoms with Gasteiger partial charge in [-0.1, -0.05) is 59.6 Å². The van der Waals surface area contributed by atoms with Crippen molar-refractivity contribution in [3.05, 3.63) is 112 Å². The summed E-state index contributed by atoms with van der Waals surface area (Å²) < 4.78 is 0. The van der Waals surface area contributed by atoms with Gasteiger partial charge in [-0.15, -0.1) is 0 Å². The summed E-state index contributed by atoms with van der Waals surface area (Å²) >= 11 is 12.2. The minimum absolute atomic E-state index is 0.0653. The number of carbonyl (C=O) groups excluding carboxylic acids is 1. The number of carbonyl (C=O) groups is 1. The highest BCUT2D eigenvalue weighted by atomic mass is 35.5. The van der Waals surface area contributed by atoms with Crippen molar-refractivity contribution in [3.8, 4) is 0 Å². The van der Waals surface area contributed by atoms with Crippen LogP contribution < -0.4 is 5.32 Å². The Morgan fingerprint density at radius 2 is 1.61 bits per heavy atom. The van der Waals surface area contributed by atoms with Crippen molar-refractivity contribution in [2.24, 2.45) is 0 Å². The minimum Gasteiger partial charge on any atom is -0.349 e. The van der Waals surface area contributed by atoms with Crippen LogP contribution in [0, 0.1) is 0 Å². The summed E-state index contributed by atoms with van der Waals surface area (Å²) in [6, 6.07) is 23.1. The molecule has 0 bridgehead atoms. The van der Waals surface area contributed by atoms with Crippen LogP contribution >= 0.6 is 23.2 Å². The molecule has 1 heterocycles. The number of benzene rings is 3. The van der Waals surface area contributed by atoms with Crippen LogP contribution in [0.3, 0.4) is 0 Å². The second-order valence-electron chi connectivity index (χ2n) is 7.65. The van der Waals surface area contributed by atoms with E-state index >= 15 is 0 Å². The molecule has 0 spiro atoms. The Morgan fingerprint density at radius 1 is 0.935 bits per heavy atom. The lowest BCUT2D eigenvalue weighted by Crippen LogP contribution is -2.38. The summed E-state index contributed by atoms with van der Waals surface area (Å²) in [5, 5.41) is 6.44. The van der Waals surface area contributed by atoms with Crippen LogP contribution in [0.5, 0.6) is 0 Å². The van der Waals surface area contributed by atoms with E-state index in [1.165, 1.54) is 0 Å². The number of halogens is 2. The molecule has 3 nitrogen and oxygen atoms in total. The third-order valence-electron chi connectivity index (χ3n) is 5.56. The Kier molecular flexibility index (Phi) is 6.55. The van der Waals surface area contributed by atoms with Crippen molar-refractivity contribution in [1.29, 1.82) is 0 Å². The number of aromatic nitrogens is 1. The van der Waals surface area contributed by atoms with Crippen molar-refractivity contribution in [3.63, 3.8) is 0 Å². The van der Waals surface area contributed by atoms with Crippen LogP contribution in [0.25, 0.3) is 10.8 Å². The molecule has 0 unspecified atom stereocenters. The molecular formula is C26H22Cl2N2O. The van der Waals surface area contributed by atoms with E-state index in [4.69, 9.17) is 23.2 Å². The molecule has 156 valence electrons. The SMILES string of the molecule is C[C@@H](NC(=O)c1cccc2ccncc12)[C@H](Cc1ccc(Cl)cc1)c1ccc(Cl)cc1. The van der Waals surface area contributed by atoms with Crippen LogP contribution in [0.4, 0.5) is 0 Å². The monoisotopic (exact) mass is 448 g/mol. The number of hydrogen-bond donors (Lipinski definition) is 1. The van der Waals surface area contributed by atoms with E-state index in [2.05, 4.69) is 10.3 Å². The average Bonchev–Trinajstić information content (AvgIpc) is 2.79. The van der Waals surface area contributed by atoms with E-state index in [0.29, 0.717) is 15.6 Å². The van der Waals surface area contributed by atoms with Gasteiger partial charge in [0.15, 0.2) is 0 Å². The molecule has 0 radical (unpaired) electrons. The average molecular weight is 449 g/mol. The number of pyridine rings is 1. The fourth-order valence-electron chi connectivity index (χ4n) is 3.86. The fraction of sp³-hybridized carbons (Fsp3) is 0.154. The highest BCUT2D eigenvalue weighted by Crippen LogP contribution is 2.27. The molecule has 4 rings (SSSR count). The summed E-state index contributed by atoms with van der Waals surface area (Å²) in [7, 11) is 0. The van der Waals surface area contributed by atoms with E-state index in [9.17, 15) is 4.79 Å². The van der Waals surface area contributed by atoms with Gasteiger partial charge in [0.2, 0.25) is 0 Å². The van der Waals surface area contributed by atoms with Gasteiger partial charge >= 0.3 is 0 Å². The predicted octanol–water partition coefficient (Wildman–Crippen LogP) is 6.69. The van der Waals surface area contributed by atoms with Gasteiger partial charge in [0.1, 0.15) is 0 Å². The molecule has 0 aliphatic rings. The summed E-state index contributed by atoms with van der Waals surface area (Å²) in [5.74, 6) is -0.0448. The van der Waals surface area contributed by atoms with Crippen LogP contribution in [0.1, 0.15) is 34.3 Å². The Hall–Kier alpha value is -2.88. The second-order valence-corrected chi connectivity index (χ2v) is 8.53. The molecule has 0 saturated heterocycles. The summed E-state index contributed by atoms with van der Waals surface area (Å²) in [6.45, 7) is 2.04. The van der Waals surface area contributed by atoms with Gasteiger partial charge in [-0.25, -0.2) is 0 Å². The smallest absolute Gasteiger partial charge is 0.252 e. The lowest BCUT2D eigenvalue weighted by Gasteiger charge is -2.26. The van der Waals surface area contributed by atoms with Gasteiger partial charge in [-0.2, -0.15) is 0 Å². The highest BCUT2D eigenvalue weighted by Gasteiger charge is 2.23. The van der Waals surface area contributed by atoms with E-state index in [0.717, 1.165) is 28.3 Å². The molecule has 31 heavy (non-hydrogen) atoms. The molecule has 1 N–H and O–H groups in total. The topological polar surface area (TPSA) is 42.0 Å². The van der Waals surface area contributed by atoms with E-state index in [-0.39, 0.29) is 17.9 Å². The normalized spacial score (nSPS) is 13.0. The minimum atomic E-state index is -0.115. The van der Waals surface area contributed by atoms with E-state index in [1.807, 2.05) is 79.7 Å². The quantitative estimate of drug-likeness (QED) is 0.357. The summed E-state index contributed by atoms with van der Waals surface area (Å²) in [5.41, 5.74) is 2.89. The van der Waals surface area contributed by atoms with Crippen molar-refractivity contribution < 1.29 is 4.79 Å². The molecule has 0 aliphatic heterocycles. The lowest BCUT2D eigenvalue weighted by atomic mass is 9.86. The predicted molar refractivity (Wildman–Crippen MR) is 128 cm³/mol. The fourth-order valence-corrected chi connectivity index (χ4v) is 4.12. The molecule has 1 amide bonds. The Morgan fingerprint density at radius 3 is 2.32 bits per heavy atom. The standard InChI is InChI=1S/C26H22Cl2N2O/c1-17(30-26(31)23-4-2-3-19-13-14-29-16-25(19)23)24(20-7-11-22(28)12-8-20)15-18-5-9-21(27)10-6-18/h2-14,16-17,24H,15H2,1H3,(H,30,31)/t17-,24+/m1/s1. The maximum absolute atomic E-state index is 13.2. The van der Waals surface area contributed by atoms with Crippen LogP contribution in [0.15, 0.2) is 85.2 Å². The molecule has 1 aromatic heterocycles. The zero-order chi connectivity index (χ0) is 21.8. The Bertz CT molecular complexity index is 1180. The largest absolute Gasteiger partial charge is 0.349 e. The molecule has 3 aromatic carbocycles. The zero-order valence-corrected chi connectivity index (χ0v) is 18.6. The first-order valence-corrected chi connectivity index (χ1v) is 10.9. The van der Waals surface area contributed by atoms with E-state index in [1.54, 1.807) is 12.4 Å². The van der Waals surface area contributed by atoms with Crippen molar-refractivity contribution >= 4 is 39.9 Å². The molecule has 4 aromatic rings. The first-order valence-electron chi connectivity index (χ1n) is 10.1. The zero-order valence-electron chi connectivity index (χ0n) is 17.1. The van der Waals surface area contributed by atoms with Gasteiger partial charge in [0.25, 0.3) is 5.91 Å². The number of fused-ring (bicyclic) bond motifs is 1. The maximum Gasteiger partial charge on any atom is 0.252 e. The molecular weight excluding hydrogens is 427 g/mol. The van der Waals surface area contributed by atoms with E-state index < -0.39 is 0 Å². The van der Waals surface area contributed by atoms with Crippen molar-refractivity contribution in [2.75, 3.05) is 0 Å². The molecule has 2 atom stereocenters. The number of nitrogens with zero attached hydrogens (tertiary/aromatic N) is 1. The molecule has 0 saturated carbocycles. The Labute approximate surface area is 192 Å². The Balaban J connectivity index is 1.61.